The molecule has 9 nitrogen and oxygen atoms in total. The minimum atomic E-state index is 0.202. The van der Waals surface area contributed by atoms with Crippen molar-refractivity contribution < 1.29 is 0 Å². The van der Waals surface area contributed by atoms with Crippen LogP contribution in [0, 0.1) is 5.53 Å². The summed E-state index contributed by atoms with van der Waals surface area (Å²) in [6.45, 7) is 2.26. The van der Waals surface area contributed by atoms with E-state index in [1.807, 2.05) is 36.2 Å². The van der Waals surface area contributed by atoms with Crippen molar-refractivity contribution in [2.45, 2.75) is 13.5 Å². The summed E-state index contributed by atoms with van der Waals surface area (Å²) in [6.07, 6.45) is 4.72. The van der Waals surface area contributed by atoms with Gasteiger partial charge in [0, 0.05) is 30.9 Å². The summed E-state index contributed by atoms with van der Waals surface area (Å²) in [5.74, 6) is 1.17. The van der Waals surface area contributed by atoms with Gasteiger partial charge in [-0.05, 0) is 36.8 Å². The van der Waals surface area contributed by atoms with Gasteiger partial charge in [0.2, 0.25) is 5.82 Å². The Morgan fingerprint density at radius 3 is 2.82 bits per heavy atom. The second-order valence-electron chi connectivity index (χ2n) is 6.30. The summed E-state index contributed by atoms with van der Waals surface area (Å²) < 4.78 is 0. The first-order valence-corrected chi connectivity index (χ1v) is 8.53. The van der Waals surface area contributed by atoms with Crippen LogP contribution in [0.1, 0.15) is 12.5 Å². The normalized spacial score (nSPS) is 12.2. The van der Waals surface area contributed by atoms with E-state index in [1.165, 1.54) is 12.3 Å². The number of nitrogens with one attached hydrogen (secondary N) is 1. The molecule has 0 spiro atoms. The van der Waals surface area contributed by atoms with Gasteiger partial charge in [-0.2, -0.15) is 0 Å². The molecule has 0 bridgehead atoms. The first-order chi connectivity index (χ1) is 13.5. The number of nitrogens with two attached hydrogens (primary N) is 2. The van der Waals surface area contributed by atoms with Gasteiger partial charge in [-0.3, -0.25) is 4.98 Å². The second kappa shape index (κ2) is 8.21. The van der Waals surface area contributed by atoms with Gasteiger partial charge in [0.1, 0.15) is 5.84 Å². The Hall–Kier alpha value is -3.88. The number of anilines is 1. The van der Waals surface area contributed by atoms with Crippen LogP contribution in [0.15, 0.2) is 64.6 Å². The fourth-order valence-corrected chi connectivity index (χ4v) is 2.72. The number of nitrogens with zero attached hydrogens (tertiary/aromatic N) is 6. The predicted octanol–water partition coefficient (Wildman–Crippen LogP) is 3.17. The maximum Gasteiger partial charge on any atom is 0.216 e. The van der Waals surface area contributed by atoms with Crippen molar-refractivity contribution in [2.75, 3.05) is 11.9 Å². The second-order valence-corrected chi connectivity index (χ2v) is 6.30. The molecule has 0 aliphatic rings. The lowest BCUT2D eigenvalue weighted by Crippen LogP contribution is -2.18. The zero-order valence-corrected chi connectivity index (χ0v) is 15.7. The lowest BCUT2D eigenvalue weighted by molar-refractivity contribution is 0.884. The van der Waals surface area contributed by atoms with E-state index in [2.05, 4.69) is 31.1 Å². The Morgan fingerprint density at radius 1 is 1.25 bits per heavy atom. The molecule has 0 aliphatic carbocycles. The largest absolute Gasteiger partial charge is 0.402 e. The van der Waals surface area contributed by atoms with Crippen molar-refractivity contribution in [3.05, 3.63) is 60.1 Å². The minimum absolute atomic E-state index is 0.202. The van der Waals surface area contributed by atoms with Gasteiger partial charge in [0.05, 0.1) is 11.7 Å². The first kappa shape index (κ1) is 18.9. The van der Waals surface area contributed by atoms with Gasteiger partial charge in [-0.1, -0.05) is 12.1 Å². The number of hydrogen-bond acceptors (Lipinski definition) is 8. The van der Waals surface area contributed by atoms with Crippen LogP contribution >= 0.6 is 0 Å². The molecule has 0 amide bonds. The predicted molar refractivity (Wildman–Crippen MR) is 110 cm³/mol. The molecule has 2 aromatic heterocycles. The van der Waals surface area contributed by atoms with Crippen LogP contribution in [-0.4, -0.2) is 27.8 Å². The molecule has 0 atom stereocenters. The van der Waals surface area contributed by atoms with Crippen molar-refractivity contribution >= 4 is 34.2 Å². The number of rotatable bonds is 6. The van der Waals surface area contributed by atoms with E-state index >= 15 is 0 Å². The smallest absolute Gasteiger partial charge is 0.216 e. The summed E-state index contributed by atoms with van der Waals surface area (Å²) in [5, 5.41) is 4.52. The van der Waals surface area contributed by atoms with E-state index in [1.54, 1.807) is 13.1 Å². The van der Waals surface area contributed by atoms with Crippen molar-refractivity contribution in [3.63, 3.8) is 0 Å². The summed E-state index contributed by atoms with van der Waals surface area (Å²) in [5.41, 5.74) is 21.3. The quantitative estimate of drug-likeness (QED) is 0.343. The number of hydrogen-bond donors (Lipinski definition) is 3. The summed E-state index contributed by atoms with van der Waals surface area (Å²) >= 11 is 0. The number of aromatic nitrogens is 3. The third-order valence-electron chi connectivity index (χ3n) is 3.90. The molecule has 5 N–H and O–H groups in total. The van der Waals surface area contributed by atoms with Crippen LogP contribution in [0.3, 0.4) is 0 Å². The van der Waals surface area contributed by atoms with Crippen LogP contribution in [0.2, 0.25) is 0 Å². The van der Waals surface area contributed by atoms with Crippen LogP contribution in [0.5, 0.6) is 0 Å². The van der Waals surface area contributed by atoms with Crippen molar-refractivity contribution in [1.29, 1.82) is 5.53 Å². The highest BCUT2D eigenvalue weighted by molar-refractivity contribution is 5.93. The van der Waals surface area contributed by atoms with Gasteiger partial charge < -0.3 is 16.4 Å². The molecule has 0 fully saturated rings. The molecule has 3 rings (SSSR count). The molecule has 28 heavy (non-hydrogen) atoms. The zero-order chi connectivity index (χ0) is 20.1. The highest BCUT2D eigenvalue weighted by Crippen LogP contribution is 2.27. The van der Waals surface area contributed by atoms with E-state index in [9.17, 15) is 0 Å². The van der Waals surface area contributed by atoms with Gasteiger partial charge in [-0.25, -0.2) is 20.5 Å². The molecule has 0 aliphatic heterocycles. The number of allylic oxidation sites excluding steroid dienone is 1. The molecule has 1 aromatic carbocycles. The van der Waals surface area contributed by atoms with E-state index in [-0.39, 0.29) is 11.7 Å². The lowest BCUT2D eigenvalue weighted by atomic mass is 10.1. The number of pyridine rings is 1. The summed E-state index contributed by atoms with van der Waals surface area (Å²) in [6, 6.07) is 9.97. The van der Waals surface area contributed by atoms with Crippen LogP contribution < -0.4 is 16.4 Å². The van der Waals surface area contributed by atoms with Crippen molar-refractivity contribution in [2.24, 2.45) is 21.6 Å². The van der Waals surface area contributed by atoms with Crippen LogP contribution in [0.25, 0.3) is 10.9 Å². The number of benzene rings is 1. The average molecular weight is 375 g/mol. The Bertz CT molecular complexity index is 1070. The Balaban J connectivity index is 1.90. The molecule has 142 valence electrons. The van der Waals surface area contributed by atoms with Crippen molar-refractivity contribution in [1.82, 2.24) is 15.0 Å². The fraction of sp³-hybridized carbons (Fsp3) is 0.158. The monoisotopic (exact) mass is 375 g/mol. The Kier molecular flexibility index (Phi) is 5.54. The zero-order valence-electron chi connectivity index (χ0n) is 15.7. The third-order valence-corrected chi connectivity index (χ3v) is 3.90. The van der Waals surface area contributed by atoms with Crippen LogP contribution in [-0.2, 0) is 6.54 Å². The fourth-order valence-electron chi connectivity index (χ4n) is 2.72. The minimum Gasteiger partial charge on any atom is -0.402 e. The number of amidine groups is 1. The highest BCUT2D eigenvalue weighted by atomic mass is 15.2. The highest BCUT2D eigenvalue weighted by Gasteiger charge is 2.13. The Labute approximate surface area is 162 Å². The maximum atomic E-state index is 7.37. The Morgan fingerprint density at radius 2 is 2.07 bits per heavy atom. The number of aliphatic imine (C=N–C) groups is 1. The van der Waals surface area contributed by atoms with E-state index < -0.39 is 0 Å². The summed E-state index contributed by atoms with van der Waals surface area (Å²) in [7, 11) is 1.85. The SMILES string of the molecule is C/C(N)=C/C(N)=Nc1cnc(N=N)c(N(C)Cc2ccc3ncccc3c2)n1. The lowest BCUT2D eigenvalue weighted by Gasteiger charge is -2.19. The van der Waals surface area contributed by atoms with Crippen LogP contribution in [0.4, 0.5) is 17.5 Å². The van der Waals surface area contributed by atoms with Gasteiger partial charge in [-0.15, -0.1) is 5.11 Å². The molecular weight excluding hydrogens is 354 g/mol. The number of fused-ring (bicyclic) bond motifs is 1. The topological polar surface area (TPSA) is 143 Å². The summed E-state index contributed by atoms with van der Waals surface area (Å²) in [4.78, 5) is 19.0. The molecule has 0 saturated heterocycles. The van der Waals surface area contributed by atoms with Crippen molar-refractivity contribution in [3.8, 4) is 0 Å². The maximum absolute atomic E-state index is 7.37. The van der Waals surface area contributed by atoms with Gasteiger partial charge in [0.15, 0.2) is 11.6 Å². The first-order valence-electron chi connectivity index (χ1n) is 8.53. The third kappa shape index (κ3) is 4.44. The molecule has 2 heterocycles. The van der Waals surface area contributed by atoms with E-state index in [0.29, 0.717) is 23.9 Å². The molecule has 0 saturated carbocycles. The van der Waals surface area contributed by atoms with Gasteiger partial charge in [0.25, 0.3) is 0 Å². The van der Waals surface area contributed by atoms with E-state index in [4.69, 9.17) is 17.0 Å². The molecule has 9 heteroatoms. The molecular formula is C19H21N9. The average Bonchev–Trinajstić information content (AvgIpc) is 2.67. The standard InChI is InChI=1S/C19H21N9/c1-12(20)8-16(21)25-17-10-24-18(27-22)19(26-17)28(2)11-13-5-6-15-14(9-13)4-3-7-23-15/h3-10,22H,11,20H2,1-2H3,(H2,21,25,26)/b12-8-,27-22?. The van der Waals surface area contributed by atoms with Gasteiger partial charge >= 0.3 is 0 Å². The molecule has 3 aromatic rings. The molecule has 0 radical (unpaired) electrons. The van der Waals surface area contributed by atoms with E-state index in [0.717, 1.165) is 16.5 Å². The molecule has 0 unspecified atom stereocenters.